The molecule has 0 aliphatic carbocycles. The van der Waals surface area contributed by atoms with Gasteiger partial charge in [-0.05, 0) is 12.8 Å². The third-order valence-corrected chi connectivity index (χ3v) is 1.67. The van der Waals surface area contributed by atoms with E-state index < -0.39 is 18.0 Å². The van der Waals surface area contributed by atoms with E-state index in [1.165, 1.54) is 6.92 Å². The Morgan fingerprint density at radius 3 is 3.00 bits per heavy atom. The average Bonchev–Trinajstić information content (AvgIpc) is 1.98. The lowest BCUT2D eigenvalue weighted by Crippen LogP contribution is -2.43. The maximum Gasteiger partial charge on any atom is 0.303 e. The van der Waals surface area contributed by atoms with Crippen LogP contribution in [-0.2, 0) is 14.3 Å². The number of carbonyl (C=O) groups is 2. The van der Waals surface area contributed by atoms with Crippen molar-refractivity contribution in [1.82, 2.24) is 5.06 Å². The molecule has 68 valence electrons. The molecule has 1 aliphatic rings. The molecule has 5 nitrogen and oxygen atoms in total. The molecule has 1 fully saturated rings. The van der Waals surface area contributed by atoms with Gasteiger partial charge in [-0.25, -0.2) is 5.06 Å². The first-order chi connectivity index (χ1) is 5.61. The second kappa shape index (κ2) is 3.53. The second-order valence-electron chi connectivity index (χ2n) is 2.70. The van der Waals surface area contributed by atoms with Gasteiger partial charge < -0.3 is 4.74 Å². The number of nitrogens with zero attached hydrogens (tertiary/aromatic N) is 1. The summed E-state index contributed by atoms with van der Waals surface area (Å²) >= 11 is 0. The summed E-state index contributed by atoms with van der Waals surface area (Å²) in [7, 11) is 0. The van der Waals surface area contributed by atoms with Crippen molar-refractivity contribution in [2.45, 2.75) is 25.9 Å². The fraction of sp³-hybridized carbons (Fsp3) is 0.714. The molecule has 1 N–H and O–H groups in total. The van der Waals surface area contributed by atoms with Crippen molar-refractivity contribution in [3.8, 4) is 0 Å². The lowest BCUT2D eigenvalue weighted by molar-refractivity contribution is -0.188. The van der Waals surface area contributed by atoms with Crippen LogP contribution >= 0.6 is 0 Å². The summed E-state index contributed by atoms with van der Waals surface area (Å²) in [5.41, 5.74) is 0. The molecule has 1 rings (SSSR count). The monoisotopic (exact) mass is 173 g/mol. The Morgan fingerprint density at radius 2 is 2.42 bits per heavy atom. The Balaban J connectivity index is 2.52. The van der Waals surface area contributed by atoms with Crippen LogP contribution in [0.15, 0.2) is 0 Å². The van der Waals surface area contributed by atoms with Gasteiger partial charge >= 0.3 is 5.97 Å². The van der Waals surface area contributed by atoms with Gasteiger partial charge in [-0.1, -0.05) is 0 Å². The van der Waals surface area contributed by atoms with Crippen LogP contribution in [0.1, 0.15) is 19.8 Å². The van der Waals surface area contributed by atoms with Crippen LogP contribution in [0.2, 0.25) is 0 Å². The number of carbonyl (C=O) groups excluding carboxylic acids is 2. The third kappa shape index (κ3) is 1.94. The Morgan fingerprint density at radius 1 is 1.75 bits per heavy atom. The molecule has 0 spiro atoms. The summed E-state index contributed by atoms with van der Waals surface area (Å²) in [4.78, 5) is 21.5. The van der Waals surface area contributed by atoms with Crippen LogP contribution in [0.5, 0.6) is 0 Å². The number of piperidine rings is 1. The Kier molecular flexibility index (Phi) is 2.65. The Labute approximate surface area is 69.9 Å². The van der Waals surface area contributed by atoms with Gasteiger partial charge in [0.2, 0.25) is 0 Å². The molecule has 1 heterocycles. The highest BCUT2D eigenvalue weighted by Crippen LogP contribution is 2.12. The maximum absolute atomic E-state index is 11.1. The third-order valence-electron chi connectivity index (χ3n) is 1.67. The van der Waals surface area contributed by atoms with Crippen LogP contribution in [0.4, 0.5) is 0 Å². The van der Waals surface area contributed by atoms with Crippen molar-refractivity contribution in [3.63, 3.8) is 0 Å². The minimum Gasteiger partial charge on any atom is -0.452 e. The van der Waals surface area contributed by atoms with E-state index in [-0.39, 0.29) is 0 Å². The van der Waals surface area contributed by atoms with E-state index in [2.05, 4.69) is 4.74 Å². The first kappa shape index (κ1) is 8.99. The van der Waals surface area contributed by atoms with Crippen LogP contribution in [-0.4, -0.2) is 34.8 Å². The van der Waals surface area contributed by atoms with Crippen molar-refractivity contribution in [3.05, 3.63) is 0 Å². The fourth-order valence-corrected chi connectivity index (χ4v) is 1.14. The van der Waals surface area contributed by atoms with Crippen LogP contribution in [0.25, 0.3) is 0 Å². The largest absolute Gasteiger partial charge is 0.452 e. The zero-order valence-corrected chi connectivity index (χ0v) is 6.82. The minimum absolute atomic E-state index is 0.316. The van der Waals surface area contributed by atoms with E-state index in [4.69, 9.17) is 5.21 Å². The van der Waals surface area contributed by atoms with E-state index in [0.29, 0.717) is 24.4 Å². The summed E-state index contributed by atoms with van der Waals surface area (Å²) < 4.78 is 4.68. The van der Waals surface area contributed by atoms with Crippen LogP contribution < -0.4 is 0 Å². The Hall–Kier alpha value is -1.10. The lowest BCUT2D eigenvalue weighted by atomic mass is 10.1. The highest BCUT2D eigenvalue weighted by atomic mass is 16.6. The maximum atomic E-state index is 11.1. The summed E-state index contributed by atoms with van der Waals surface area (Å²) in [5, 5.41) is 9.55. The molecule has 5 heteroatoms. The zero-order valence-electron chi connectivity index (χ0n) is 6.82. The van der Waals surface area contributed by atoms with Crippen molar-refractivity contribution in [2.75, 3.05) is 6.54 Å². The van der Waals surface area contributed by atoms with E-state index in [9.17, 15) is 9.59 Å². The number of amides is 1. The number of esters is 1. The molecule has 0 radical (unpaired) electrons. The molecule has 1 unspecified atom stereocenters. The lowest BCUT2D eigenvalue weighted by Gasteiger charge is -2.26. The predicted molar refractivity (Wildman–Crippen MR) is 38.3 cm³/mol. The molecular formula is C7H11NO4. The van der Waals surface area contributed by atoms with Gasteiger partial charge in [0.05, 0.1) is 0 Å². The van der Waals surface area contributed by atoms with Gasteiger partial charge in [-0.2, -0.15) is 0 Å². The molecule has 1 saturated heterocycles. The molecule has 1 atom stereocenters. The molecule has 0 aromatic heterocycles. The molecule has 0 aromatic rings. The minimum atomic E-state index is -0.791. The smallest absolute Gasteiger partial charge is 0.303 e. The summed E-state index contributed by atoms with van der Waals surface area (Å²) in [6.07, 6.45) is 0.358. The molecule has 12 heavy (non-hydrogen) atoms. The number of hydrogen-bond acceptors (Lipinski definition) is 4. The molecule has 0 saturated carbocycles. The van der Waals surface area contributed by atoms with Gasteiger partial charge in [-0.15, -0.1) is 0 Å². The zero-order chi connectivity index (χ0) is 9.14. The van der Waals surface area contributed by atoms with Gasteiger partial charge in [0.15, 0.2) is 6.10 Å². The first-order valence-electron chi connectivity index (χ1n) is 3.78. The van der Waals surface area contributed by atoms with E-state index in [1.54, 1.807) is 0 Å². The predicted octanol–water partition coefficient (Wildman–Crippen LogP) is -0.0703. The van der Waals surface area contributed by atoms with Crippen molar-refractivity contribution < 1.29 is 19.5 Å². The molecule has 1 amide bonds. The van der Waals surface area contributed by atoms with E-state index in [1.807, 2.05) is 0 Å². The SMILES string of the molecule is CC(=O)OC1CCCN(O)C1=O. The highest BCUT2D eigenvalue weighted by Gasteiger charge is 2.29. The second-order valence-corrected chi connectivity index (χ2v) is 2.70. The van der Waals surface area contributed by atoms with Crippen LogP contribution in [0, 0.1) is 0 Å². The first-order valence-corrected chi connectivity index (χ1v) is 3.78. The summed E-state index contributed by atoms with van der Waals surface area (Å²) in [5.74, 6) is -1.03. The fourth-order valence-electron chi connectivity index (χ4n) is 1.14. The highest BCUT2D eigenvalue weighted by molar-refractivity contribution is 5.83. The standard InChI is InChI=1S/C7H11NO4/c1-5(9)12-6-3-2-4-8(11)7(6)10/h6,11H,2-4H2,1H3. The summed E-state index contributed by atoms with van der Waals surface area (Å²) in [6.45, 7) is 1.56. The molecule has 0 aromatic carbocycles. The number of hydroxylamine groups is 2. The van der Waals surface area contributed by atoms with Crippen molar-refractivity contribution in [1.29, 1.82) is 0 Å². The topological polar surface area (TPSA) is 66.8 Å². The van der Waals surface area contributed by atoms with Crippen molar-refractivity contribution >= 4 is 11.9 Å². The normalized spacial score (nSPS) is 24.0. The number of ether oxygens (including phenoxy) is 1. The number of rotatable bonds is 1. The van der Waals surface area contributed by atoms with E-state index >= 15 is 0 Å². The van der Waals surface area contributed by atoms with Gasteiger partial charge in [0.1, 0.15) is 0 Å². The van der Waals surface area contributed by atoms with E-state index in [0.717, 1.165) is 0 Å². The average molecular weight is 173 g/mol. The molecular weight excluding hydrogens is 162 g/mol. The van der Waals surface area contributed by atoms with Crippen molar-refractivity contribution in [2.24, 2.45) is 0 Å². The summed E-state index contributed by atoms with van der Waals surface area (Å²) in [6, 6.07) is 0. The number of hydrogen-bond donors (Lipinski definition) is 1. The van der Waals surface area contributed by atoms with Crippen LogP contribution in [0.3, 0.4) is 0 Å². The molecule has 0 bridgehead atoms. The Bertz CT molecular complexity index is 204. The van der Waals surface area contributed by atoms with Gasteiger partial charge in [0.25, 0.3) is 5.91 Å². The van der Waals surface area contributed by atoms with Gasteiger partial charge in [0, 0.05) is 13.5 Å². The molecule has 1 aliphatic heterocycles. The quantitative estimate of drug-likeness (QED) is 0.445. The van der Waals surface area contributed by atoms with Gasteiger partial charge in [-0.3, -0.25) is 14.8 Å².